The maximum atomic E-state index is 4.32. The first kappa shape index (κ1) is 10.7. The summed E-state index contributed by atoms with van der Waals surface area (Å²) in [6.45, 7) is 3.98. The monoisotopic (exact) mass is 214 g/mol. The van der Waals surface area contributed by atoms with Crippen LogP contribution in [0.3, 0.4) is 0 Å². The van der Waals surface area contributed by atoms with Gasteiger partial charge in [-0.1, -0.05) is 0 Å². The lowest BCUT2D eigenvalue weighted by Gasteiger charge is -1.96. The first-order valence-electron chi connectivity index (χ1n) is 5.32. The Kier molecular flexibility index (Phi) is 3.53. The molecule has 1 fully saturated rings. The predicted octanol–water partition coefficient (Wildman–Crippen LogP) is 2.04. The van der Waals surface area contributed by atoms with Gasteiger partial charge in [0, 0.05) is 24.8 Å². The molecule has 16 heavy (non-hydrogen) atoms. The van der Waals surface area contributed by atoms with E-state index in [4.69, 9.17) is 0 Å². The molecule has 1 aromatic rings. The second-order valence-electron chi connectivity index (χ2n) is 3.72. The van der Waals surface area contributed by atoms with Crippen molar-refractivity contribution in [3.63, 3.8) is 0 Å². The maximum absolute atomic E-state index is 4.32. The molecule has 1 aliphatic rings. The van der Waals surface area contributed by atoms with E-state index in [2.05, 4.69) is 26.7 Å². The van der Waals surface area contributed by atoms with Crippen LogP contribution in [0.25, 0.3) is 0 Å². The summed E-state index contributed by atoms with van der Waals surface area (Å²) in [4.78, 5) is 16.3. The van der Waals surface area contributed by atoms with E-state index in [1.165, 1.54) is 12.8 Å². The number of allylic oxidation sites excluding steroid dienone is 1. The Hall–Kier alpha value is -1.84. The van der Waals surface area contributed by atoms with Gasteiger partial charge in [-0.05, 0) is 37.1 Å². The Labute approximate surface area is 94.9 Å². The third-order valence-corrected chi connectivity index (χ3v) is 2.38. The molecule has 0 bridgehead atoms. The fourth-order valence-corrected chi connectivity index (χ4v) is 1.41. The van der Waals surface area contributed by atoms with Crippen molar-refractivity contribution in [1.29, 1.82) is 0 Å². The van der Waals surface area contributed by atoms with Crippen LogP contribution in [0.5, 0.6) is 0 Å². The highest BCUT2D eigenvalue weighted by Gasteiger charge is 2.24. The summed E-state index contributed by atoms with van der Waals surface area (Å²) in [6.07, 6.45) is 9.56. The normalized spacial score (nSPS) is 16.6. The minimum Gasteiger partial charge on any atom is -0.285 e. The summed E-state index contributed by atoms with van der Waals surface area (Å²) in [5.74, 6) is 1.37. The zero-order valence-corrected chi connectivity index (χ0v) is 9.08. The lowest BCUT2D eigenvalue weighted by atomic mass is 10.2. The molecule has 0 aliphatic heterocycles. The van der Waals surface area contributed by atoms with Crippen LogP contribution in [0, 0.1) is 5.92 Å². The number of nitrogens with zero attached hydrogens (tertiary/aromatic N) is 4. The molecule has 0 radical (unpaired) electrons. The van der Waals surface area contributed by atoms with Crippen molar-refractivity contribution in [2.24, 2.45) is 15.9 Å². The van der Waals surface area contributed by atoms with E-state index < -0.39 is 0 Å². The van der Waals surface area contributed by atoms with Gasteiger partial charge in [0.05, 0.1) is 6.54 Å². The van der Waals surface area contributed by atoms with Crippen molar-refractivity contribution in [3.8, 4) is 0 Å². The van der Waals surface area contributed by atoms with Crippen molar-refractivity contribution >= 4 is 12.9 Å². The van der Waals surface area contributed by atoms with Gasteiger partial charge in [-0.2, -0.15) is 0 Å². The summed E-state index contributed by atoms with van der Waals surface area (Å²) in [7, 11) is 0. The summed E-state index contributed by atoms with van der Waals surface area (Å²) < 4.78 is 0. The van der Waals surface area contributed by atoms with Crippen molar-refractivity contribution in [3.05, 3.63) is 36.1 Å². The highest BCUT2D eigenvalue weighted by atomic mass is 14.9. The lowest BCUT2D eigenvalue weighted by molar-refractivity contribution is 0.909. The van der Waals surface area contributed by atoms with E-state index in [9.17, 15) is 0 Å². The van der Waals surface area contributed by atoms with Crippen LogP contribution < -0.4 is 0 Å². The molecule has 4 nitrogen and oxygen atoms in total. The van der Waals surface area contributed by atoms with Crippen molar-refractivity contribution in [1.82, 2.24) is 9.97 Å². The second kappa shape index (κ2) is 5.30. The Morgan fingerprint density at radius 2 is 2.19 bits per heavy atom. The highest BCUT2D eigenvalue weighted by Crippen LogP contribution is 2.35. The van der Waals surface area contributed by atoms with Gasteiger partial charge in [0.2, 0.25) is 0 Å². The van der Waals surface area contributed by atoms with Crippen molar-refractivity contribution in [2.45, 2.75) is 19.4 Å². The van der Waals surface area contributed by atoms with Crippen LogP contribution in [-0.2, 0) is 6.54 Å². The fraction of sp³-hybridized carbons (Fsp3) is 0.333. The van der Waals surface area contributed by atoms with Gasteiger partial charge in [0.15, 0.2) is 0 Å². The van der Waals surface area contributed by atoms with Gasteiger partial charge in [-0.3, -0.25) is 9.98 Å². The Morgan fingerprint density at radius 1 is 1.44 bits per heavy atom. The maximum Gasteiger partial charge on any atom is 0.149 e. The van der Waals surface area contributed by atoms with Crippen LogP contribution in [0.2, 0.25) is 0 Å². The van der Waals surface area contributed by atoms with Crippen LogP contribution in [0.4, 0.5) is 0 Å². The Balaban J connectivity index is 1.93. The molecule has 0 atom stereocenters. The molecule has 82 valence electrons. The molecule has 1 heterocycles. The second-order valence-corrected chi connectivity index (χ2v) is 3.72. The number of aromatic nitrogens is 2. The minimum atomic E-state index is 0.516. The van der Waals surface area contributed by atoms with Gasteiger partial charge in [0.1, 0.15) is 5.82 Å². The first-order chi connectivity index (χ1) is 7.90. The van der Waals surface area contributed by atoms with E-state index in [-0.39, 0.29) is 0 Å². The van der Waals surface area contributed by atoms with E-state index in [1.807, 2.05) is 6.21 Å². The first-order valence-corrected chi connectivity index (χ1v) is 5.32. The smallest absolute Gasteiger partial charge is 0.149 e. The van der Waals surface area contributed by atoms with E-state index in [1.54, 1.807) is 24.7 Å². The average Bonchev–Trinajstić information content (AvgIpc) is 3.13. The van der Waals surface area contributed by atoms with E-state index in [0.717, 1.165) is 11.4 Å². The number of aliphatic imine (C=N–C) groups is 2. The quantitative estimate of drug-likeness (QED) is 0.704. The molecular formula is C12H14N4. The Bertz CT molecular complexity index is 404. The number of hydrogen-bond donors (Lipinski definition) is 0. The predicted molar refractivity (Wildman–Crippen MR) is 64.6 cm³/mol. The minimum absolute atomic E-state index is 0.516. The molecule has 0 N–H and O–H groups in total. The topological polar surface area (TPSA) is 50.5 Å². The average molecular weight is 214 g/mol. The van der Waals surface area contributed by atoms with Crippen molar-refractivity contribution in [2.75, 3.05) is 0 Å². The molecule has 0 amide bonds. The highest BCUT2D eigenvalue weighted by molar-refractivity contribution is 5.80. The summed E-state index contributed by atoms with van der Waals surface area (Å²) in [5, 5.41) is 0. The zero-order chi connectivity index (χ0) is 11.2. The molecule has 0 saturated heterocycles. The van der Waals surface area contributed by atoms with Crippen LogP contribution in [-0.4, -0.2) is 22.9 Å². The largest absolute Gasteiger partial charge is 0.285 e. The van der Waals surface area contributed by atoms with E-state index >= 15 is 0 Å². The van der Waals surface area contributed by atoms with Crippen LogP contribution in [0.1, 0.15) is 18.7 Å². The van der Waals surface area contributed by atoms with Gasteiger partial charge >= 0.3 is 0 Å². The van der Waals surface area contributed by atoms with Crippen LogP contribution in [0.15, 0.2) is 40.2 Å². The van der Waals surface area contributed by atoms with Gasteiger partial charge < -0.3 is 0 Å². The Morgan fingerprint density at radius 3 is 2.81 bits per heavy atom. The van der Waals surface area contributed by atoms with Gasteiger partial charge in [0.25, 0.3) is 0 Å². The van der Waals surface area contributed by atoms with Gasteiger partial charge in [-0.15, -0.1) is 0 Å². The zero-order valence-electron chi connectivity index (χ0n) is 9.08. The van der Waals surface area contributed by atoms with Gasteiger partial charge in [-0.25, -0.2) is 9.97 Å². The standard InChI is InChI=1S/C12H14N4/c1-13-7-11(10-3-4-10)8-14-9-12-15-5-2-6-16-12/h2,5-8,10H,1,3-4,9H2/b11-7+,14-8?. The number of hydrogen-bond acceptors (Lipinski definition) is 4. The molecule has 4 heteroatoms. The summed E-state index contributed by atoms with van der Waals surface area (Å²) >= 11 is 0. The molecule has 0 aromatic carbocycles. The molecule has 1 aliphatic carbocycles. The molecule has 0 unspecified atom stereocenters. The summed E-state index contributed by atoms with van der Waals surface area (Å²) in [5.41, 5.74) is 1.16. The van der Waals surface area contributed by atoms with Crippen molar-refractivity contribution < 1.29 is 0 Å². The van der Waals surface area contributed by atoms with Crippen LogP contribution >= 0.6 is 0 Å². The molecule has 1 aromatic heterocycles. The molecular weight excluding hydrogens is 200 g/mol. The SMILES string of the molecule is C=N/C=C(\C=NCc1ncccn1)C1CC1. The third kappa shape index (κ3) is 3.08. The lowest BCUT2D eigenvalue weighted by Crippen LogP contribution is -1.93. The molecule has 2 rings (SSSR count). The molecule has 1 saturated carbocycles. The van der Waals surface area contributed by atoms with E-state index in [0.29, 0.717) is 12.5 Å². The summed E-state index contributed by atoms with van der Waals surface area (Å²) in [6, 6.07) is 1.80. The fourth-order valence-electron chi connectivity index (χ4n) is 1.41. The number of rotatable bonds is 5. The molecule has 0 spiro atoms. The third-order valence-electron chi connectivity index (χ3n) is 2.38.